The van der Waals surface area contributed by atoms with Crippen LogP contribution < -0.4 is 10.1 Å². The van der Waals surface area contributed by atoms with Gasteiger partial charge >= 0.3 is 0 Å². The summed E-state index contributed by atoms with van der Waals surface area (Å²) >= 11 is 0. The van der Waals surface area contributed by atoms with Gasteiger partial charge in [-0.15, -0.1) is 0 Å². The molecular weight excluding hydrogens is 210 g/mol. The van der Waals surface area contributed by atoms with Crippen molar-refractivity contribution in [1.29, 1.82) is 0 Å². The quantitative estimate of drug-likeness (QED) is 0.846. The summed E-state index contributed by atoms with van der Waals surface area (Å²) in [5.41, 5.74) is 1.55. The third-order valence-electron chi connectivity index (χ3n) is 2.81. The minimum atomic E-state index is 0.206. The van der Waals surface area contributed by atoms with E-state index in [1.54, 1.807) is 0 Å². The molecule has 0 aromatic heterocycles. The van der Waals surface area contributed by atoms with E-state index in [-0.39, 0.29) is 5.41 Å². The third kappa shape index (κ3) is 4.78. The topological polar surface area (TPSA) is 21.3 Å². The Labute approximate surface area is 105 Å². The SMILES string of the molecule is CNCC(C)COc1ccc(C(C)(C)C)cc1. The van der Waals surface area contributed by atoms with E-state index in [2.05, 4.69) is 57.3 Å². The van der Waals surface area contributed by atoms with Gasteiger partial charge < -0.3 is 10.1 Å². The first-order valence-corrected chi connectivity index (χ1v) is 6.31. The summed E-state index contributed by atoms with van der Waals surface area (Å²) < 4.78 is 5.75. The molecule has 1 atom stereocenters. The zero-order valence-electron chi connectivity index (χ0n) is 11.7. The van der Waals surface area contributed by atoms with Crippen LogP contribution in [0, 0.1) is 5.92 Å². The van der Waals surface area contributed by atoms with Gasteiger partial charge in [0.1, 0.15) is 5.75 Å². The molecule has 0 saturated carbocycles. The van der Waals surface area contributed by atoms with Gasteiger partial charge in [0.15, 0.2) is 0 Å². The molecule has 2 nitrogen and oxygen atoms in total. The molecule has 0 radical (unpaired) electrons. The molecule has 0 aliphatic heterocycles. The average Bonchev–Trinajstić information content (AvgIpc) is 2.26. The molecule has 96 valence electrons. The Morgan fingerprint density at radius 3 is 2.24 bits per heavy atom. The lowest BCUT2D eigenvalue weighted by atomic mass is 9.87. The van der Waals surface area contributed by atoms with Crippen LogP contribution >= 0.6 is 0 Å². The van der Waals surface area contributed by atoms with Crippen molar-refractivity contribution in [2.24, 2.45) is 5.92 Å². The van der Waals surface area contributed by atoms with E-state index in [4.69, 9.17) is 4.74 Å². The third-order valence-corrected chi connectivity index (χ3v) is 2.81. The second-order valence-electron chi connectivity index (χ2n) is 5.75. The maximum Gasteiger partial charge on any atom is 0.119 e. The molecule has 0 fully saturated rings. The van der Waals surface area contributed by atoms with E-state index in [1.165, 1.54) is 5.56 Å². The van der Waals surface area contributed by atoms with Gasteiger partial charge in [0, 0.05) is 12.5 Å². The smallest absolute Gasteiger partial charge is 0.119 e. The number of rotatable bonds is 5. The Hall–Kier alpha value is -1.02. The summed E-state index contributed by atoms with van der Waals surface area (Å²) in [5, 5.41) is 3.15. The van der Waals surface area contributed by atoms with Gasteiger partial charge in [-0.2, -0.15) is 0 Å². The fraction of sp³-hybridized carbons (Fsp3) is 0.600. The van der Waals surface area contributed by atoms with Crippen molar-refractivity contribution >= 4 is 0 Å². The fourth-order valence-electron chi connectivity index (χ4n) is 1.70. The summed E-state index contributed by atoms with van der Waals surface area (Å²) in [5.74, 6) is 1.49. The van der Waals surface area contributed by atoms with Crippen LogP contribution in [0.4, 0.5) is 0 Å². The van der Waals surface area contributed by atoms with Gasteiger partial charge in [0.2, 0.25) is 0 Å². The second-order valence-corrected chi connectivity index (χ2v) is 5.75. The van der Waals surface area contributed by atoms with Crippen molar-refractivity contribution in [3.63, 3.8) is 0 Å². The monoisotopic (exact) mass is 235 g/mol. The van der Waals surface area contributed by atoms with E-state index >= 15 is 0 Å². The molecule has 1 unspecified atom stereocenters. The van der Waals surface area contributed by atoms with Crippen molar-refractivity contribution in [3.05, 3.63) is 29.8 Å². The lowest BCUT2D eigenvalue weighted by Crippen LogP contribution is -2.21. The van der Waals surface area contributed by atoms with Crippen LogP contribution in [-0.4, -0.2) is 20.2 Å². The van der Waals surface area contributed by atoms with Crippen molar-refractivity contribution < 1.29 is 4.74 Å². The summed E-state index contributed by atoms with van der Waals surface area (Å²) in [7, 11) is 1.97. The second kappa shape index (κ2) is 6.06. The van der Waals surface area contributed by atoms with Crippen molar-refractivity contribution in [1.82, 2.24) is 5.32 Å². The first-order valence-electron chi connectivity index (χ1n) is 6.31. The molecule has 0 heterocycles. The molecule has 0 amide bonds. The highest BCUT2D eigenvalue weighted by Gasteiger charge is 2.13. The molecule has 0 spiro atoms. The summed E-state index contributed by atoms with van der Waals surface area (Å²) in [6, 6.07) is 8.43. The average molecular weight is 235 g/mol. The van der Waals surface area contributed by atoms with E-state index in [0.29, 0.717) is 5.92 Å². The van der Waals surface area contributed by atoms with Crippen LogP contribution in [-0.2, 0) is 5.41 Å². The Morgan fingerprint density at radius 2 is 1.76 bits per heavy atom. The first-order chi connectivity index (χ1) is 7.93. The Morgan fingerprint density at radius 1 is 1.18 bits per heavy atom. The lowest BCUT2D eigenvalue weighted by molar-refractivity contribution is 0.258. The molecule has 0 saturated heterocycles. The predicted octanol–water partition coefficient (Wildman–Crippen LogP) is 3.22. The molecule has 1 aromatic carbocycles. The maximum absolute atomic E-state index is 5.75. The number of hydrogen-bond acceptors (Lipinski definition) is 2. The molecule has 0 bridgehead atoms. The molecule has 0 aliphatic rings. The minimum Gasteiger partial charge on any atom is -0.493 e. The predicted molar refractivity (Wildman–Crippen MR) is 73.7 cm³/mol. The van der Waals surface area contributed by atoms with Gasteiger partial charge in [0.05, 0.1) is 6.61 Å². The van der Waals surface area contributed by atoms with Crippen LogP contribution in [0.3, 0.4) is 0 Å². The number of nitrogens with one attached hydrogen (secondary N) is 1. The van der Waals surface area contributed by atoms with Gasteiger partial charge in [-0.05, 0) is 30.2 Å². The maximum atomic E-state index is 5.75. The van der Waals surface area contributed by atoms with Crippen LogP contribution in [0.25, 0.3) is 0 Å². The molecule has 0 aliphatic carbocycles. The number of benzene rings is 1. The van der Waals surface area contributed by atoms with Gasteiger partial charge in [-0.25, -0.2) is 0 Å². The van der Waals surface area contributed by atoms with Crippen molar-refractivity contribution in [3.8, 4) is 5.75 Å². The molecule has 1 N–H and O–H groups in total. The summed E-state index contributed by atoms with van der Waals surface area (Å²) in [6.45, 7) is 10.6. The largest absolute Gasteiger partial charge is 0.493 e. The Bertz CT molecular complexity index is 324. The van der Waals surface area contributed by atoms with Crippen molar-refractivity contribution in [2.45, 2.75) is 33.1 Å². The highest BCUT2D eigenvalue weighted by atomic mass is 16.5. The molecule has 1 rings (SSSR count). The molecule has 17 heavy (non-hydrogen) atoms. The molecule has 2 heteroatoms. The number of hydrogen-bond donors (Lipinski definition) is 1. The van der Waals surface area contributed by atoms with Crippen LogP contribution in [0.2, 0.25) is 0 Å². The lowest BCUT2D eigenvalue weighted by Gasteiger charge is -2.19. The van der Waals surface area contributed by atoms with Crippen LogP contribution in [0.15, 0.2) is 24.3 Å². The van der Waals surface area contributed by atoms with Crippen LogP contribution in [0.1, 0.15) is 33.3 Å². The normalized spacial score (nSPS) is 13.5. The fourth-order valence-corrected chi connectivity index (χ4v) is 1.70. The van der Waals surface area contributed by atoms with Crippen molar-refractivity contribution in [2.75, 3.05) is 20.2 Å². The zero-order chi connectivity index (χ0) is 12.9. The Kier molecular flexibility index (Phi) is 5.01. The minimum absolute atomic E-state index is 0.206. The summed E-state index contributed by atoms with van der Waals surface area (Å²) in [6.07, 6.45) is 0. The summed E-state index contributed by atoms with van der Waals surface area (Å²) in [4.78, 5) is 0. The van der Waals surface area contributed by atoms with Crippen LogP contribution in [0.5, 0.6) is 5.75 Å². The van der Waals surface area contributed by atoms with Gasteiger partial charge in [-0.3, -0.25) is 0 Å². The Balaban J connectivity index is 2.51. The standard InChI is InChI=1S/C15H25NO/c1-12(10-16-5)11-17-14-8-6-13(7-9-14)15(2,3)4/h6-9,12,16H,10-11H2,1-5H3. The van der Waals surface area contributed by atoms with E-state index < -0.39 is 0 Å². The van der Waals surface area contributed by atoms with Gasteiger partial charge in [-0.1, -0.05) is 39.8 Å². The highest BCUT2D eigenvalue weighted by molar-refractivity contribution is 5.31. The number of ether oxygens (including phenoxy) is 1. The zero-order valence-corrected chi connectivity index (χ0v) is 11.7. The molecular formula is C15H25NO. The van der Waals surface area contributed by atoms with Gasteiger partial charge in [0.25, 0.3) is 0 Å². The first kappa shape index (κ1) is 14.0. The van der Waals surface area contributed by atoms with E-state index in [0.717, 1.165) is 18.9 Å². The van der Waals surface area contributed by atoms with E-state index in [9.17, 15) is 0 Å². The molecule has 1 aromatic rings. The van der Waals surface area contributed by atoms with E-state index in [1.807, 2.05) is 7.05 Å². The highest BCUT2D eigenvalue weighted by Crippen LogP contribution is 2.24.